The van der Waals surface area contributed by atoms with Gasteiger partial charge in [0.05, 0.1) is 26.4 Å². The average Bonchev–Trinajstić information content (AvgIpc) is 2.99. The predicted octanol–water partition coefficient (Wildman–Crippen LogP) is 1.03. The summed E-state index contributed by atoms with van der Waals surface area (Å²) >= 11 is 0. The molecule has 1 aromatic rings. The fourth-order valence-corrected chi connectivity index (χ4v) is 2.83. The van der Waals surface area contributed by atoms with Crippen LogP contribution in [0.3, 0.4) is 0 Å². The number of aromatic nitrogens is 2. The monoisotopic (exact) mass is 310 g/mol. The highest BCUT2D eigenvalue weighted by Crippen LogP contribution is 2.28. The van der Waals surface area contributed by atoms with Gasteiger partial charge in [0.25, 0.3) is 5.89 Å². The van der Waals surface area contributed by atoms with Gasteiger partial charge in [-0.3, -0.25) is 9.80 Å². The highest BCUT2D eigenvalue weighted by atomic mass is 16.5. The molecule has 0 aliphatic carbocycles. The molecule has 0 aromatic carbocycles. The van der Waals surface area contributed by atoms with Crippen molar-refractivity contribution in [3.63, 3.8) is 0 Å². The SMILES string of the molecule is CC(C)(C)c1noc(C(N2CCOCC2)N2CCOCC2)n1. The zero-order valence-corrected chi connectivity index (χ0v) is 13.7. The number of rotatable bonds is 3. The van der Waals surface area contributed by atoms with E-state index in [-0.39, 0.29) is 11.6 Å². The summed E-state index contributed by atoms with van der Waals surface area (Å²) in [4.78, 5) is 9.43. The Kier molecular flexibility index (Phi) is 4.77. The molecule has 0 saturated carbocycles. The summed E-state index contributed by atoms with van der Waals surface area (Å²) in [6.45, 7) is 12.8. The van der Waals surface area contributed by atoms with E-state index >= 15 is 0 Å². The van der Waals surface area contributed by atoms with E-state index in [1.165, 1.54) is 0 Å². The van der Waals surface area contributed by atoms with Gasteiger partial charge >= 0.3 is 0 Å². The number of hydrogen-bond acceptors (Lipinski definition) is 7. The number of morpholine rings is 2. The molecule has 2 saturated heterocycles. The van der Waals surface area contributed by atoms with Crippen LogP contribution in [-0.2, 0) is 14.9 Å². The Balaban J connectivity index is 1.84. The number of hydrogen-bond donors (Lipinski definition) is 0. The summed E-state index contributed by atoms with van der Waals surface area (Å²) in [6, 6.07) is 0. The van der Waals surface area contributed by atoms with Crippen LogP contribution in [-0.4, -0.2) is 72.5 Å². The molecule has 3 rings (SSSR count). The molecule has 0 radical (unpaired) electrons. The van der Waals surface area contributed by atoms with Gasteiger partial charge in [-0.2, -0.15) is 4.98 Å². The van der Waals surface area contributed by atoms with Gasteiger partial charge in [0, 0.05) is 31.6 Å². The first-order valence-electron chi connectivity index (χ1n) is 8.03. The van der Waals surface area contributed by atoms with Gasteiger partial charge in [-0.1, -0.05) is 25.9 Å². The molecule has 2 fully saturated rings. The van der Waals surface area contributed by atoms with Crippen LogP contribution >= 0.6 is 0 Å². The van der Waals surface area contributed by atoms with Crippen LogP contribution < -0.4 is 0 Å². The van der Waals surface area contributed by atoms with Crippen molar-refractivity contribution in [3.05, 3.63) is 11.7 Å². The fraction of sp³-hybridized carbons (Fsp3) is 0.867. The molecule has 2 aliphatic rings. The molecule has 2 aliphatic heterocycles. The summed E-state index contributed by atoms with van der Waals surface area (Å²) in [5.74, 6) is 1.45. The standard InChI is InChI=1S/C15H26N4O3/c1-15(2,3)14-16-12(22-17-14)13(18-4-8-20-9-5-18)19-6-10-21-11-7-19/h13H,4-11H2,1-3H3. The summed E-state index contributed by atoms with van der Waals surface area (Å²) in [5.41, 5.74) is -0.109. The van der Waals surface area contributed by atoms with Gasteiger partial charge in [0.1, 0.15) is 6.17 Å². The zero-order valence-electron chi connectivity index (χ0n) is 13.7. The quantitative estimate of drug-likeness (QED) is 0.826. The average molecular weight is 310 g/mol. The maximum Gasteiger partial charge on any atom is 0.259 e. The second kappa shape index (κ2) is 6.62. The highest BCUT2D eigenvalue weighted by molar-refractivity contribution is 5.03. The summed E-state index contributed by atoms with van der Waals surface area (Å²) in [5, 5.41) is 4.20. The Labute approximate surface area is 131 Å². The lowest BCUT2D eigenvalue weighted by atomic mass is 9.96. The van der Waals surface area contributed by atoms with Crippen molar-refractivity contribution in [2.75, 3.05) is 52.6 Å². The van der Waals surface area contributed by atoms with Crippen LogP contribution in [0, 0.1) is 0 Å². The van der Waals surface area contributed by atoms with Gasteiger partial charge < -0.3 is 14.0 Å². The zero-order chi connectivity index (χ0) is 15.6. The molecule has 0 bridgehead atoms. The third-order valence-corrected chi connectivity index (χ3v) is 4.12. The molecule has 7 nitrogen and oxygen atoms in total. The molecular weight excluding hydrogens is 284 g/mol. The molecule has 22 heavy (non-hydrogen) atoms. The predicted molar refractivity (Wildman–Crippen MR) is 80.5 cm³/mol. The first-order valence-corrected chi connectivity index (χ1v) is 8.03. The largest absolute Gasteiger partial charge is 0.379 e. The van der Waals surface area contributed by atoms with Crippen molar-refractivity contribution in [1.29, 1.82) is 0 Å². The van der Waals surface area contributed by atoms with Gasteiger partial charge in [-0.05, 0) is 0 Å². The van der Waals surface area contributed by atoms with Gasteiger partial charge in [0.15, 0.2) is 5.82 Å². The second-order valence-electron chi connectivity index (χ2n) is 6.88. The Morgan fingerprint density at radius 3 is 1.82 bits per heavy atom. The first kappa shape index (κ1) is 15.9. The summed E-state index contributed by atoms with van der Waals surface area (Å²) in [7, 11) is 0. The molecule has 0 amide bonds. The topological polar surface area (TPSA) is 63.9 Å². The van der Waals surface area contributed by atoms with Crippen LogP contribution in [0.25, 0.3) is 0 Å². The van der Waals surface area contributed by atoms with Crippen LogP contribution in [0.4, 0.5) is 0 Å². The van der Waals surface area contributed by atoms with Crippen molar-refractivity contribution >= 4 is 0 Å². The molecular formula is C15H26N4O3. The minimum atomic E-state index is -0.109. The molecule has 0 unspecified atom stereocenters. The Hall–Kier alpha value is -1.02. The number of ether oxygens (including phenoxy) is 2. The fourth-order valence-electron chi connectivity index (χ4n) is 2.83. The molecule has 1 aromatic heterocycles. The van der Waals surface area contributed by atoms with Crippen LogP contribution in [0.5, 0.6) is 0 Å². The second-order valence-corrected chi connectivity index (χ2v) is 6.88. The minimum absolute atomic E-state index is 0.0244. The highest BCUT2D eigenvalue weighted by Gasteiger charge is 2.34. The molecule has 0 spiro atoms. The lowest BCUT2D eigenvalue weighted by Crippen LogP contribution is -2.50. The first-order chi connectivity index (χ1) is 10.6. The Morgan fingerprint density at radius 1 is 0.909 bits per heavy atom. The van der Waals surface area contributed by atoms with E-state index in [0.29, 0.717) is 5.89 Å². The lowest BCUT2D eigenvalue weighted by molar-refractivity contribution is -0.0774. The molecule has 0 atom stereocenters. The minimum Gasteiger partial charge on any atom is -0.379 e. The Bertz CT molecular complexity index is 455. The third kappa shape index (κ3) is 3.48. The van der Waals surface area contributed by atoms with Crippen molar-refractivity contribution in [2.24, 2.45) is 0 Å². The maximum absolute atomic E-state index is 5.63. The van der Waals surface area contributed by atoms with E-state index in [1.807, 2.05) is 0 Å². The van der Waals surface area contributed by atoms with E-state index in [1.54, 1.807) is 0 Å². The molecule has 124 valence electrons. The maximum atomic E-state index is 5.63. The molecule has 7 heteroatoms. The van der Waals surface area contributed by atoms with Crippen molar-refractivity contribution < 1.29 is 14.0 Å². The number of nitrogens with zero attached hydrogens (tertiary/aromatic N) is 4. The van der Waals surface area contributed by atoms with Gasteiger partial charge in [0.2, 0.25) is 0 Å². The van der Waals surface area contributed by atoms with Crippen LogP contribution in [0.1, 0.15) is 38.7 Å². The third-order valence-electron chi connectivity index (χ3n) is 4.12. The molecule has 3 heterocycles. The van der Waals surface area contributed by atoms with E-state index in [4.69, 9.17) is 14.0 Å². The van der Waals surface area contributed by atoms with E-state index < -0.39 is 0 Å². The van der Waals surface area contributed by atoms with Crippen molar-refractivity contribution in [2.45, 2.75) is 32.4 Å². The Morgan fingerprint density at radius 2 is 1.41 bits per heavy atom. The van der Waals surface area contributed by atoms with Crippen LogP contribution in [0.2, 0.25) is 0 Å². The van der Waals surface area contributed by atoms with Crippen LogP contribution in [0.15, 0.2) is 4.52 Å². The normalized spacial score (nSPS) is 22.4. The summed E-state index contributed by atoms with van der Waals surface area (Å²) in [6.07, 6.45) is 0.0244. The lowest BCUT2D eigenvalue weighted by Gasteiger charge is -2.40. The van der Waals surface area contributed by atoms with Gasteiger partial charge in [-0.25, -0.2) is 0 Å². The van der Waals surface area contributed by atoms with Crippen molar-refractivity contribution in [1.82, 2.24) is 19.9 Å². The van der Waals surface area contributed by atoms with E-state index in [2.05, 4.69) is 40.7 Å². The van der Waals surface area contributed by atoms with Crippen molar-refractivity contribution in [3.8, 4) is 0 Å². The summed E-state index contributed by atoms with van der Waals surface area (Å²) < 4.78 is 16.6. The van der Waals surface area contributed by atoms with Gasteiger partial charge in [-0.15, -0.1) is 0 Å². The van der Waals surface area contributed by atoms with E-state index in [9.17, 15) is 0 Å². The molecule has 0 N–H and O–H groups in total. The smallest absolute Gasteiger partial charge is 0.259 e. The van der Waals surface area contributed by atoms with E-state index in [0.717, 1.165) is 58.4 Å².